The average Bonchev–Trinajstić information content (AvgIpc) is 3.30. The highest BCUT2D eigenvalue weighted by Crippen LogP contribution is 2.16. The van der Waals surface area contributed by atoms with Crippen molar-refractivity contribution in [1.29, 1.82) is 0 Å². The van der Waals surface area contributed by atoms with Crippen molar-refractivity contribution in [2.75, 3.05) is 17.7 Å². The van der Waals surface area contributed by atoms with E-state index in [2.05, 4.69) is 26.5 Å². The summed E-state index contributed by atoms with van der Waals surface area (Å²) in [6.45, 7) is -0.0375. The number of methoxy groups -OCH3 is 1. The van der Waals surface area contributed by atoms with Gasteiger partial charge in [0.25, 0.3) is 0 Å². The van der Waals surface area contributed by atoms with Crippen molar-refractivity contribution in [1.82, 2.24) is 10.7 Å². The molecule has 0 bridgehead atoms. The Hall–Kier alpha value is -4.93. The van der Waals surface area contributed by atoms with Crippen molar-refractivity contribution < 1.29 is 28.3 Å². The predicted octanol–water partition coefficient (Wildman–Crippen LogP) is 1.63. The van der Waals surface area contributed by atoms with Crippen LogP contribution in [0.4, 0.5) is 11.4 Å². The number of carbonyl (C=O) groups excluding carboxylic acids is 4. The summed E-state index contributed by atoms with van der Waals surface area (Å²) in [5.41, 5.74) is 2.97. The zero-order valence-corrected chi connectivity index (χ0v) is 18.0. The van der Waals surface area contributed by atoms with Crippen molar-refractivity contribution in [2.24, 2.45) is 5.10 Å². The molecular weight excluding hydrogens is 442 g/mol. The fourth-order valence-electron chi connectivity index (χ4n) is 2.61. The lowest BCUT2D eigenvalue weighted by Gasteiger charge is -2.05. The lowest BCUT2D eigenvalue weighted by atomic mass is 10.3. The van der Waals surface area contributed by atoms with Crippen LogP contribution < -0.4 is 26.1 Å². The number of anilines is 2. The van der Waals surface area contributed by atoms with E-state index in [0.717, 1.165) is 0 Å². The van der Waals surface area contributed by atoms with Crippen LogP contribution in [-0.2, 0) is 25.7 Å². The third-order valence-corrected chi connectivity index (χ3v) is 4.24. The third-order valence-electron chi connectivity index (χ3n) is 4.24. The van der Waals surface area contributed by atoms with E-state index in [1.807, 2.05) is 0 Å². The molecule has 0 spiro atoms. The second-order valence-electron chi connectivity index (χ2n) is 6.69. The number of rotatable bonds is 7. The molecule has 0 saturated carbocycles. The molecule has 1 aromatic heterocycles. The normalized spacial score (nSPS) is 10.4. The number of furan rings is 1. The summed E-state index contributed by atoms with van der Waals surface area (Å²) >= 11 is 0. The molecule has 11 heteroatoms. The Kier molecular flexibility index (Phi) is 8.11. The van der Waals surface area contributed by atoms with Gasteiger partial charge in [0.05, 0.1) is 19.9 Å². The molecular formula is C23H21N5O6. The molecule has 4 N–H and O–H groups in total. The number of para-hydroxylation sites is 1. The first-order chi connectivity index (χ1) is 16.4. The first-order valence-electron chi connectivity index (χ1n) is 9.96. The van der Waals surface area contributed by atoms with Crippen molar-refractivity contribution in [3.63, 3.8) is 0 Å². The van der Waals surface area contributed by atoms with Crippen LogP contribution in [0.25, 0.3) is 0 Å². The quantitative estimate of drug-likeness (QED) is 0.238. The first-order valence-corrected chi connectivity index (χ1v) is 9.96. The maximum Gasteiger partial charge on any atom is 0.329 e. The second kappa shape index (κ2) is 11.6. The Labute approximate surface area is 194 Å². The lowest BCUT2D eigenvalue weighted by Crippen LogP contribution is -2.34. The van der Waals surface area contributed by atoms with Gasteiger partial charge in [-0.05, 0) is 36.4 Å². The molecule has 0 fully saturated rings. The van der Waals surface area contributed by atoms with Crippen molar-refractivity contribution in [3.05, 3.63) is 78.3 Å². The third kappa shape index (κ3) is 7.05. The van der Waals surface area contributed by atoms with Crippen molar-refractivity contribution >= 4 is 41.2 Å². The molecule has 11 nitrogen and oxygen atoms in total. The molecule has 4 amide bonds. The summed E-state index contributed by atoms with van der Waals surface area (Å²) in [5, 5.41) is 11.0. The number of ether oxygens (including phenoxy) is 1. The summed E-state index contributed by atoms with van der Waals surface area (Å²) in [5.74, 6) is -2.41. The molecule has 174 valence electrons. The SMILES string of the molecule is COc1cccc(NC(=O)C(=O)N/N=C/c2ccc(CNC(=O)C(=O)Nc3ccccc3)o2)c1. The maximum absolute atomic E-state index is 11.9. The molecule has 3 rings (SSSR count). The van der Waals surface area contributed by atoms with Gasteiger partial charge in [-0.15, -0.1) is 0 Å². The molecule has 0 unspecified atom stereocenters. The summed E-state index contributed by atoms with van der Waals surface area (Å²) in [7, 11) is 1.49. The molecule has 2 aromatic carbocycles. The smallest absolute Gasteiger partial charge is 0.329 e. The minimum atomic E-state index is -0.984. The molecule has 34 heavy (non-hydrogen) atoms. The molecule has 0 atom stereocenters. The Balaban J connectivity index is 1.43. The molecule has 0 aliphatic heterocycles. The Morgan fingerprint density at radius 1 is 0.853 bits per heavy atom. The van der Waals surface area contributed by atoms with Crippen LogP contribution >= 0.6 is 0 Å². The van der Waals surface area contributed by atoms with Gasteiger partial charge in [0.15, 0.2) is 0 Å². The van der Waals surface area contributed by atoms with Crippen molar-refractivity contribution in [3.8, 4) is 5.75 Å². The van der Waals surface area contributed by atoms with Crippen LogP contribution in [0.15, 0.2) is 76.2 Å². The van der Waals surface area contributed by atoms with Gasteiger partial charge in [0, 0.05) is 17.4 Å². The molecule has 0 radical (unpaired) electrons. The number of hydrogen-bond acceptors (Lipinski definition) is 7. The van der Waals surface area contributed by atoms with E-state index in [4.69, 9.17) is 9.15 Å². The Morgan fingerprint density at radius 2 is 1.56 bits per heavy atom. The van der Waals surface area contributed by atoms with Crippen LogP contribution in [0.2, 0.25) is 0 Å². The first kappa shape index (κ1) is 23.7. The van der Waals surface area contributed by atoms with Crippen LogP contribution in [-0.4, -0.2) is 37.0 Å². The average molecular weight is 463 g/mol. The predicted molar refractivity (Wildman–Crippen MR) is 123 cm³/mol. The van der Waals surface area contributed by atoms with Crippen molar-refractivity contribution in [2.45, 2.75) is 6.54 Å². The zero-order chi connectivity index (χ0) is 24.3. The van der Waals surface area contributed by atoms with Gasteiger partial charge in [0.1, 0.15) is 17.3 Å². The molecule has 3 aromatic rings. The van der Waals surface area contributed by atoms with E-state index in [1.165, 1.54) is 19.4 Å². The molecule has 0 aliphatic carbocycles. The van der Waals surface area contributed by atoms with E-state index < -0.39 is 23.6 Å². The van der Waals surface area contributed by atoms with Gasteiger partial charge >= 0.3 is 23.6 Å². The number of carbonyl (C=O) groups is 4. The Bertz CT molecular complexity index is 1210. The number of benzene rings is 2. The van der Waals surface area contributed by atoms with Crippen LogP contribution in [0.1, 0.15) is 11.5 Å². The number of nitrogens with one attached hydrogen (secondary N) is 4. The maximum atomic E-state index is 11.9. The lowest BCUT2D eigenvalue weighted by molar-refractivity contribution is -0.136. The molecule has 0 aliphatic rings. The van der Waals surface area contributed by atoms with E-state index in [-0.39, 0.29) is 12.3 Å². The number of hydrogen-bond donors (Lipinski definition) is 4. The highest BCUT2D eigenvalue weighted by atomic mass is 16.5. The van der Waals surface area contributed by atoms with Gasteiger partial charge in [-0.1, -0.05) is 24.3 Å². The number of nitrogens with zero attached hydrogens (tertiary/aromatic N) is 1. The van der Waals surface area contributed by atoms with Gasteiger partial charge in [-0.2, -0.15) is 5.10 Å². The number of hydrazone groups is 1. The highest BCUT2D eigenvalue weighted by molar-refractivity contribution is 6.40. The monoisotopic (exact) mass is 463 g/mol. The second-order valence-corrected chi connectivity index (χ2v) is 6.69. The zero-order valence-electron chi connectivity index (χ0n) is 18.0. The molecule has 0 saturated heterocycles. The van der Waals surface area contributed by atoms with Crippen LogP contribution in [0, 0.1) is 0 Å². The minimum absolute atomic E-state index is 0.0375. The Morgan fingerprint density at radius 3 is 2.32 bits per heavy atom. The summed E-state index contributed by atoms with van der Waals surface area (Å²) < 4.78 is 10.5. The summed E-state index contributed by atoms with van der Waals surface area (Å²) in [6.07, 6.45) is 1.18. The standard InChI is InChI=1S/C23H21N5O6/c1-33-17-9-5-8-16(12-17)27-22(31)23(32)28-25-14-19-11-10-18(34-19)13-24-20(29)21(30)26-15-6-3-2-4-7-15/h2-12,14H,13H2,1H3,(H,24,29)(H,26,30)(H,27,31)(H,28,32)/b25-14+. The fraction of sp³-hybridized carbons (Fsp3) is 0.0870. The van der Waals surface area contributed by atoms with Gasteiger partial charge in [-0.3, -0.25) is 19.2 Å². The van der Waals surface area contributed by atoms with Gasteiger partial charge in [-0.25, -0.2) is 5.43 Å². The van der Waals surface area contributed by atoms with Crippen LogP contribution in [0.3, 0.4) is 0 Å². The van der Waals surface area contributed by atoms with Gasteiger partial charge in [0.2, 0.25) is 0 Å². The van der Waals surface area contributed by atoms with E-state index in [9.17, 15) is 19.2 Å². The minimum Gasteiger partial charge on any atom is -0.497 e. The van der Waals surface area contributed by atoms with Gasteiger partial charge < -0.3 is 25.1 Å². The van der Waals surface area contributed by atoms with Crippen LogP contribution in [0.5, 0.6) is 5.75 Å². The van der Waals surface area contributed by atoms with E-state index in [0.29, 0.717) is 22.9 Å². The highest BCUT2D eigenvalue weighted by Gasteiger charge is 2.15. The fourth-order valence-corrected chi connectivity index (χ4v) is 2.61. The largest absolute Gasteiger partial charge is 0.497 e. The van der Waals surface area contributed by atoms with E-state index in [1.54, 1.807) is 60.7 Å². The topological polar surface area (TPSA) is 151 Å². The molecule has 1 heterocycles. The van der Waals surface area contributed by atoms with E-state index >= 15 is 0 Å². The summed E-state index contributed by atoms with van der Waals surface area (Å²) in [4.78, 5) is 47.6. The summed E-state index contributed by atoms with van der Waals surface area (Å²) in [6, 6.07) is 18.2. The number of amides is 4.